The maximum absolute atomic E-state index is 12.5. The Hall–Kier alpha value is -1.29. The first-order valence-electron chi connectivity index (χ1n) is 19.2. The monoisotopic (exact) mass is 705 g/mol. The van der Waals surface area contributed by atoms with Gasteiger partial charge < -0.3 is 25.2 Å². The number of phosphoric acid groups is 1. The molecule has 0 spiro atoms. The summed E-state index contributed by atoms with van der Waals surface area (Å²) in [5.41, 5.74) is 5.33. The Morgan fingerprint density at radius 3 is 1.58 bits per heavy atom. The van der Waals surface area contributed by atoms with Gasteiger partial charge in [0.15, 0.2) is 0 Å². The number of rotatable bonds is 37. The van der Waals surface area contributed by atoms with Crippen molar-refractivity contribution >= 4 is 19.8 Å². The predicted octanol–water partition coefficient (Wildman–Crippen LogP) is 9.81. The van der Waals surface area contributed by atoms with Gasteiger partial charge in [0, 0.05) is 13.0 Å². The number of ether oxygens (including phenoxy) is 2. The van der Waals surface area contributed by atoms with Gasteiger partial charge >= 0.3 is 19.8 Å². The lowest BCUT2D eigenvalue weighted by atomic mass is 10.1. The van der Waals surface area contributed by atoms with Crippen LogP contribution < -0.4 is 5.73 Å². The molecule has 48 heavy (non-hydrogen) atoms. The number of carboxylic acids is 1. The molecule has 0 fully saturated rings. The van der Waals surface area contributed by atoms with Crippen molar-refractivity contribution in [3.63, 3.8) is 0 Å². The molecule has 4 N–H and O–H groups in total. The smallest absolute Gasteiger partial charge is 0.472 e. The second-order valence-electron chi connectivity index (χ2n) is 13.1. The molecule has 0 aromatic heterocycles. The van der Waals surface area contributed by atoms with Gasteiger partial charge in [-0.1, -0.05) is 142 Å². The maximum Gasteiger partial charge on any atom is 0.472 e. The summed E-state index contributed by atoms with van der Waals surface area (Å²) < 4.78 is 33.2. The second kappa shape index (κ2) is 34.2. The van der Waals surface area contributed by atoms with Crippen LogP contribution in [0.3, 0.4) is 0 Å². The number of carboxylic acid groups (broad SMARTS) is 1. The third-order valence-corrected chi connectivity index (χ3v) is 9.25. The van der Waals surface area contributed by atoms with Gasteiger partial charge in [-0.25, -0.2) is 4.57 Å². The normalized spacial score (nSPS) is 14.2. The number of unbranched alkanes of at least 4 members (excludes halogenated alkanes) is 21. The highest BCUT2D eigenvalue weighted by molar-refractivity contribution is 7.47. The average molecular weight is 706 g/mol. The summed E-state index contributed by atoms with van der Waals surface area (Å²) in [7, 11) is -4.60. The minimum absolute atomic E-state index is 0.0181. The van der Waals surface area contributed by atoms with Crippen LogP contribution in [0.15, 0.2) is 12.2 Å². The van der Waals surface area contributed by atoms with E-state index < -0.39 is 45.1 Å². The van der Waals surface area contributed by atoms with E-state index >= 15 is 0 Å². The van der Waals surface area contributed by atoms with Gasteiger partial charge in [-0.2, -0.15) is 0 Å². The Labute approximate surface area is 292 Å². The van der Waals surface area contributed by atoms with Gasteiger partial charge in [0.1, 0.15) is 12.1 Å². The van der Waals surface area contributed by atoms with Gasteiger partial charge in [0.05, 0.1) is 19.8 Å². The Morgan fingerprint density at radius 2 is 1.08 bits per heavy atom. The number of phosphoric ester groups is 1. The molecular formula is C37H72NO9P. The summed E-state index contributed by atoms with van der Waals surface area (Å²) in [4.78, 5) is 33.3. The highest BCUT2D eigenvalue weighted by Gasteiger charge is 2.27. The molecule has 0 aliphatic heterocycles. The fraction of sp³-hybridized carbons (Fsp3) is 0.892. The molecule has 3 unspecified atom stereocenters. The first-order valence-corrected chi connectivity index (χ1v) is 20.7. The molecule has 0 saturated carbocycles. The van der Waals surface area contributed by atoms with Crippen molar-refractivity contribution in [1.29, 1.82) is 0 Å². The van der Waals surface area contributed by atoms with Crippen molar-refractivity contribution in [3.05, 3.63) is 12.2 Å². The topological polar surface area (TPSA) is 155 Å². The third-order valence-electron chi connectivity index (χ3n) is 8.29. The molecule has 284 valence electrons. The van der Waals surface area contributed by atoms with E-state index in [1.54, 1.807) is 0 Å². The lowest BCUT2D eigenvalue weighted by Gasteiger charge is -2.20. The summed E-state index contributed by atoms with van der Waals surface area (Å²) in [6.45, 7) is 3.86. The van der Waals surface area contributed by atoms with E-state index in [-0.39, 0.29) is 13.0 Å². The zero-order chi connectivity index (χ0) is 35.6. The van der Waals surface area contributed by atoms with Crippen LogP contribution in [0.2, 0.25) is 0 Å². The molecular weight excluding hydrogens is 633 g/mol. The third kappa shape index (κ3) is 33.2. The first-order chi connectivity index (χ1) is 23.2. The summed E-state index contributed by atoms with van der Waals surface area (Å²) in [5, 5.41) is 8.85. The average Bonchev–Trinajstić information content (AvgIpc) is 3.06. The van der Waals surface area contributed by atoms with Crippen LogP contribution >= 0.6 is 7.82 Å². The largest absolute Gasteiger partial charge is 0.480 e. The molecule has 11 heteroatoms. The van der Waals surface area contributed by atoms with Crippen LogP contribution in [-0.2, 0) is 32.7 Å². The van der Waals surface area contributed by atoms with Crippen molar-refractivity contribution in [2.75, 3.05) is 26.4 Å². The standard InChI is InChI=1S/C37H72NO9P/c1-3-5-7-9-11-13-15-16-17-18-19-20-21-23-25-27-29-36(39)47-34(32-45-48(42,43)46-33-35(38)37(40)41)31-44-30-28-26-24-22-14-12-10-8-6-4-2/h17-18,34-35H,3-16,19-33,38H2,1-2H3,(H,40,41)(H,42,43)/b18-17-. The van der Waals surface area contributed by atoms with E-state index in [4.69, 9.17) is 24.8 Å². The number of hydrogen-bond donors (Lipinski definition) is 3. The van der Waals surface area contributed by atoms with Gasteiger partial charge in [-0.05, 0) is 38.5 Å². The fourth-order valence-electron chi connectivity index (χ4n) is 5.24. The number of allylic oxidation sites excluding steroid dienone is 2. The minimum Gasteiger partial charge on any atom is -0.480 e. The zero-order valence-corrected chi connectivity index (χ0v) is 31.5. The lowest BCUT2D eigenvalue weighted by molar-refractivity contribution is -0.154. The van der Waals surface area contributed by atoms with Gasteiger partial charge in [-0.15, -0.1) is 0 Å². The highest BCUT2D eigenvalue weighted by Crippen LogP contribution is 2.43. The van der Waals surface area contributed by atoms with E-state index in [0.717, 1.165) is 51.4 Å². The number of hydrogen-bond acceptors (Lipinski definition) is 8. The van der Waals surface area contributed by atoms with Gasteiger partial charge in [0.25, 0.3) is 0 Å². The van der Waals surface area contributed by atoms with Crippen molar-refractivity contribution in [2.45, 2.75) is 187 Å². The summed E-state index contributed by atoms with van der Waals surface area (Å²) in [6.07, 6.45) is 32.6. The lowest BCUT2D eigenvalue weighted by Crippen LogP contribution is -2.34. The van der Waals surface area contributed by atoms with Crippen LogP contribution in [0.1, 0.15) is 174 Å². The molecule has 0 saturated heterocycles. The first kappa shape index (κ1) is 46.7. The Balaban J connectivity index is 4.28. The molecule has 0 aromatic rings. The zero-order valence-electron chi connectivity index (χ0n) is 30.6. The minimum atomic E-state index is -4.60. The van der Waals surface area contributed by atoms with E-state index in [1.807, 2.05) is 0 Å². The van der Waals surface area contributed by atoms with E-state index in [1.165, 1.54) is 96.3 Å². The van der Waals surface area contributed by atoms with E-state index in [0.29, 0.717) is 13.0 Å². The van der Waals surface area contributed by atoms with Gasteiger partial charge in [-0.3, -0.25) is 18.6 Å². The maximum atomic E-state index is 12.5. The van der Waals surface area contributed by atoms with Crippen molar-refractivity contribution in [1.82, 2.24) is 0 Å². The highest BCUT2D eigenvalue weighted by atomic mass is 31.2. The molecule has 0 rings (SSSR count). The Kier molecular flexibility index (Phi) is 33.3. The number of carbonyl (C=O) groups is 2. The SMILES string of the molecule is CCCCCCCCC/C=C\CCCCCCCC(=O)OC(COCCCCCCCCCCCC)COP(=O)(O)OCC(N)C(=O)O. The van der Waals surface area contributed by atoms with Crippen LogP contribution in [0, 0.1) is 0 Å². The fourth-order valence-corrected chi connectivity index (χ4v) is 6.02. The molecule has 0 bridgehead atoms. The Morgan fingerprint density at radius 1 is 0.646 bits per heavy atom. The van der Waals surface area contributed by atoms with Crippen molar-refractivity contribution in [2.24, 2.45) is 5.73 Å². The predicted molar refractivity (Wildman–Crippen MR) is 194 cm³/mol. The summed E-state index contributed by atoms with van der Waals surface area (Å²) in [5.74, 6) is -1.78. The number of nitrogens with two attached hydrogens (primary N) is 1. The van der Waals surface area contributed by atoms with Crippen LogP contribution in [0.4, 0.5) is 0 Å². The number of carbonyl (C=O) groups excluding carboxylic acids is 1. The second-order valence-corrected chi connectivity index (χ2v) is 14.5. The molecule has 0 aromatic carbocycles. The molecule has 0 heterocycles. The molecule has 0 aliphatic carbocycles. The Bertz CT molecular complexity index is 827. The number of esters is 1. The summed E-state index contributed by atoms with van der Waals surface area (Å²) in [6, 6.07) is -1.47. The number of aliphatic carboxylic acids is 1. The quantitative estimate of drug-likeness (QED) is 0.0246. The molecule has 0 amide bonds. The van der Waals surface area contributed by atoms with Crippen LogP contribution in [0.5, 0.6) is 0 Å². The van der Waals surface area contributed by atoms with E-state index in [2.05, 4.69) is 30.5 Å². The van der Waals surface area contributed by atoms with Crippen LogP contribution in [-0.4, -0.2) is 60.5 Å². The van der Waals surface area contributed by atoms with E-state index in [9.17, 15) is 19.0 Å². The van der Waals surface area contributed by atoms with Crippen LogP contribution in [0.25, 0.3) is 0 Å². The molecule has 3 atom stereocenters. The van der Waals surface area contributed by atoms with Gasteiger partial charge in [0.2, 0.25) is 0 Å². The molecule has 10 nitrogen and oxygen atoms in total. The molecule has 0 radical (unpaired) electrons. The summed E-state index contributed by atoms with van der Waals surface area (Å²) >= 11 is 0. The molecule has 0 aliphatic rings. The van der Waals surface area contributed by atoms with Crippen molar-refractivity contribution < 1.29 is 42.7 Å². The van der Waals surface area contributed by atoms with Crippen molar-refractivity contribution in [3.8, 4) is 0 Å².